The van der Waals surface area contributed by atoms with Crippen molar-refractivity contribution in [2.45, 2.75) is 44.0 Å². The third-order valence-corrected chi connectivity index (χ3v) is 6.24. The number of likely N-dealkylation sites (N-methyl/N-ethyl adjacent to an activating group) is 1. The summed E-state index contributed by atoms with van der Waals surface area (Å²) >= 11 is 3.66. The summed E-state index contributed by atoms with van der Waals surface area (Å²) in [5, 5.41) is 5.88. The zero-order chi connectivity index (χ0) is 14.5. The first-order valence-corrected chi connectivity index (χ1v) is 9.29. The molecule has 0 unspecified atom stereocenters. The van der Waals surface area contributed by atoms with Crippen LogP contribution in [0.1, 0.15) is 29.7 Å². The summed E-state index contributed by atoms with van der Waals surface area (Å²) in [6, 6.07) is 2.67. The van der Waals surface area contributed by atoms with Gasteiger partial charge in [-0.15, -0.1) is 11.3 Å². The monoisotopic (exact) mass is 312 g/mol. The highest BCUT2D eigenvalue weighted by atomic mass is 32.2. The number of nitrogens with zero attached hydrogens (tertiary/aromatic N) is 1. The van der Waals surface area contributed by atoms with E-state index in [9.17, 15) is 4.79 Å². The van der Waals surface area contributed by atoms with Crippen LogP contribution in [0.5, 0.6) is 0 Å². The lowest BCUT2D eigenvalue weighted by Gasteiger charge is -2.23. The Morgan fingerprint density at radius 2 is 2.35 bits per heavy atom. The number of amides is 1. The van der Waals surface area contributed by atoms with E-state index >= 15 is 0 Å². The third-order valence-electron chi connectivity index (χ3n) is 4.12. The van der Waals surface area contributed by atoms with Gasteiger partial charge in [0.1, 0.15) is 0 Å². The van der Waals surface area contributed by atoms with Gasteiger partial charge in [-0.25, -0.2) is 0 Å². The largest absolute Gasteiger partial charge is 0.350 e. The Kier molecular flexibility index (Phi) is 5.93. The molecule has 1 fully saturated rings. The van der Waals surface area contributed by atoms with Crippen LogP contribution < -0.4 is 5.32 Å². The van der Waals surface area contributed by atoms with Gasteiger partial charge in [0.15, 0.2) is 0 Å². The zero-order valence-corrected chi connectivity index (χ0v) is 14.1. The third kappa shape index (κ3) is 4.24. The fourth-order valence-corrected chi connectivity index (χ4v) is 4.34. The summed E-state index contributed by atoms with van der Waals surface area (Å²) in [5.41, 5.74) is 1.27. The number of thiophene rings is 1. The standard InChI is InChI=1S/C15H24N2OS2/c1-11-6-7-20-14(11)9-16-15(18)10-17(2)12-4-5-13(8-12)19-3/h6-7,12-13H,4-5,8-10H2,1-3H3,(H,16,18)/t12-,13+/m1/s1. The molecule has 2 atom stereocenters. The quantitative estimate of drug-likeness (QED) is 0.876. The average molecular weight is 313 g/mol. The molecule has 0 aliphatic heterocycles. The van der Waals surface area contributed by atoms with Crippen LogP contribution in [0, 0.1) is 6.92 Å². The number of thioether (sulfide) groups is 1. The molecule has 1 aromatic heterocycles. The SMILES string of the molecule is CS[C@H]1CC[C@@H](N(C)CC(=O)NCc2sccc2C)C1. The summed E-state index contributed by atoms with van der Waals surface area (Å²) in [5.74, 6) is 0.132. The van der Waals surface area contributed by atoms with E-state index in [0.717, 1.165) is 5.25 Å². The number of carbonyl (C=O) groups excluding carboxylic acids is 1. The van der Waals surface area contributed by atoms with Crippen LogP contribution in [0.2, 0.25) is 0 Å². The van der Waals surface area contributed by atoms with Crippen molar-refractivity contribution in [1.82, 2.24) is 10.2 Å². The van der Waals surface area contributed by atoms with Crippen molar-refractivity contribution in [2.24, 2.45) is 0 Å². The fraction of sp³-hybridized carbons (Fsp3) is 0.667. The first-order chi connectivity index (χ1) is 9.60. The molecule has 0 spiro atoms. The summed E-state index contributed by atoms with van der Waals surface area (Å²) < 4.78 is 0. The Labute approximate surface area is 130 Å². The van der Waals surface area contributed by atoms with Crippen LogP contribution in [0.15, 0.2) is 11.4 Å². The second-order valence-electron chi connectivity index (χ2n) is 5.54. The Morgan fingerprint density at radius 1 is 1.55 bits per heavy atom. The Balaban J connectivity index is 1.73. The van der Waals surface area contributed by atoms with Crippen molar-refractivity contribution >= 4 is 29.0 Å². The number of nitrogens with one attached hydrogen (secondary N) is 1. The summed E-state index contributed by atoms with van der Waals surface area (Å²) in [7, 11) is 2.07. The van der Waals surface area contributed by atoms with Crippen LogP contribution in [0.4, 0.5) is 0 Å². The van der Waals surface area contributed by atoms with Gasteiger partial charge in [0, 0.05) is 16.2 Å². The van der Waals surface area contributed by atoms with E-state index in [1.54, 1.807) is 11.3 Å². The molecule has 1 saturated carbocycles. The van der Waals surface area contributed by atoms with Crippen LogP contribution in [-0.4, -0.2) is 41.9 Å². The van der Waals surface area contributed by atoms with Gasteiger partial charge in [-0.05, 0) is 56.5 Å². The lowest BCUT2D eigenvalue weighted by Crippen LogP contribution is -2.39. The lowest BCUT2D eigenvalue weighted by atomic mass is 10.2. The molecule has 1 N–H and O–H groups in total. The van der Waals surface area contributed by atoms with E-state index in [1.807, 2.05) is 11.8 Å². The zero-order valence-electron chi connectivity index (χ0n) is 12.5. The number of aryl methyl sites for hydroxylation is 1. The molecule has 5 heteroatoms. The molecule has 0 aromatic carbocycles. The Bertz CT molecular complexity index is 447. The minimum Gasteiger partial charge on any atom is -0.350 e. The molecule has 2 rings (SSSR count). The summed E-state index contributed by atoms with van der Waals surface area (Å²) in [4.78, 5) is 15.5. The van der Waals surface area contributed by atoms with Gasteiger partial charge >= 0.3 is 0 Å². The molecular weight excluding hydrogens is 288 g/mol. The van der Waals surface area contributed by atoms with Crippen LogP contribution in [-0.2, 0) is 11.3 Å². The normalized spacial score (nSPS) is 22.4. The summed E-state index contributed by atoms with van der Waals surface area (Å²) in [6.07, 6.45) is 5.91. The van der Waals surface area contributed by atoms with Crippen molar-refractivity contribution in [3.8, 4) is 0 Å². The van der Waals surface area contributed by atoms with Gasteiger partial charge in [-0.1, -0.05) is 0 Å². The molecule has 112 valence electrons. The molecule has 1 heterocycles. The second kappa shape index (κ2) is 7.48. The first-order valence-electron chi connectivity index (χ1n) is 7.13. The van der Waals surface area contributed by atoms with E-state index in [-0.39, 0.29) is 5.91 Å². The van der Waals surface area contributed by atoms with E-state index in [2.05, 4.69) is 41.9 Å². The topological polar surface area (TPSA) is 32.3 Å². The Hall–Kier alpha value is -0.520. The van der Waals surface area contributed by atoms with E-state index in [4.69, 9.17) is 0 Å². The predicted octanol–water partition coefficient (Wildman–Crippen LogP) is 2.89. The minimum absolute atomic E-state index is 0.132. The lowest BCUT2D eigenvalue weighted by molar-refractivity contribution is -0.122. The van der Waals surface area contributed by atoms with Gasteiger partial charge in [-0.2, -0.15) is 11.8 Å². The number of hydrogen-bond acceptors (Lipinski definition) is 4. The number of rotatable bonds is 6. The van der Waals surface area contributed by atoms with Crippen LogP contribution >= 0.6 is 23.1 Å². The molecule has 1 aliphatic rings. The smallest absolute Gasteiger partial charge is 0.234 e. The highest BCUT2D eigenvalue weighted by Gasteiger charge is 2.27. The molecule has 0 radical (unpaired) electrons. The van der Waals surface area contributed by atoms with Gasteiger partial charge in [-0.3, -0.25) is 9.69 Å². The fourth-order valence-electron chi connectivity index (χ4n) is 2.71. The van der Waals surface area contributed by atoms with Crippen molar-refractivity contribution in [3.63, 3.8) is 0 Å². The molecule has 20 heavy (non-hydrogen) atoms. The number of carbonyl (C=O) groups is 1. The molecule has 1 aliphatic carbocycles. The maximum absolute atomic E-state index is 12.0. The molecule has 1 amide bonds. The minimum atomic E-state index is 0.132. The van der Waals surface area contributed by atoms with Gasteiger partial charge in [0.25, 0.3) is 0 Å². The molecule has 3 nitrogen and oxygen atoms in total. The highest BCUT2D eigenvalue weighted by molar-refractivity contribution is 7.99. The average Bonchev–Trinajstić information content (AvgIpc) is 3.05. The van der Waals surface area contributed by atoms with Crippen molar-refractivity contribution in [1.29, 1.82) is 0 Å². The van der Waals surface area contributed by atoms with Gasteiger partial charge in [0.2, 0.25) is 5.91 Å². The van der Waals surface area contributed by atoms with Crippen LogP contribution in [0.3, 0.4) is 0 Å². The second-order valence-corrected chi connectivity index (χ2v) is 7.68. The van der Waals surface area contributed by atoms with E-state index in [0.29, 0.717) is 19.1 Å². The molecule has 0 bridgehead atoms. The maximum Gasteiger partial charge on any atom is 0.234 e. The van der Waals surface area contributed by atoms with Crippen LogP contribution in [0.25, 0.3) is 0 Å². The van der Waals surface area contributed by atoms with E-state index < -0.39 is 0 Å². The Morgan fingerprint density at radius 3 is 2.95 bits per heavy atom. The van der Waals surface area contributed by atoms with Crippen molar-refractivity contribution in [2.75, 3.05) is 19.8 Å². The predicted molar refractivity (Wildman–Crippen MR) is 88.5 cm³/mol. The molecule has 0 saturated heterocycles. The highest BCUT2D eigenvalue weighted by Crippen LogP contribution is 2.30. The van der Waals surface area contributed by atoms with Gasteiger partial charge < -0.3 is 5.32 Å². The maximum atomic E-state index is 12.0. The van der Waals surface area contributed by atoms with Crippen molar-refractivity contribution in [3.05, 3.63) is 21.9 Å². The molecule has 1 aromatic rings. The van der Waals surface area contributed by atoms with Crippen molar-refractivity contribution < 1.29 is 4.79 Å². The van der Waals surface area contributed by atoms with E-state index in [1.165, 1.54) is 29.7 Å². The van der Waals surface area contributed by atoms with Gasteiger partial charge in [0.05, 0.1) is 13.1 Å². The molecular formula is C15H24N2OS2. The summed E-state index contributed by atoms with van der Waals surface area (Å²) in [6.45, 7) is 3.26. The number of hydrogen-bond donors (Lipinski definition) is 1. The first kappa shape index (κ1) is 15.9.